The summed E-state index contributed by atoms with van der Waals surface area (Å²) in [6.45, 7) is 0. The van der Waals surface area contributed by atoms with E-state index in [0.717, 1.165) is 12.8 Å². The van der Waals surface area contributed by atoms with Crippen molar-refractivity contribution in [1.82, 2.24) is 0 Å². The van der Waals surface area contributed by atoms with Gasteiger partial charge in [0.15, 0.2) is 0 Å². The maximum Gasteiger partial charge on any atom is 0.324 e. The fourth-order valence-electron chi connectivity index (χ4n) is 2.94. The highest BCUT2D eigenvalue weighted by atomic mass is 32.2. The monoisotopic (exact) mass is 201 g/mol. The SMILES string of the molecule is CS[C@@H]1C[C@H]2C[C@@H]1[C@](N)(C(=O)O)C2. The lowest BCUT2D eigenvalue weighted by atomic mass is 9.81. The summed E-state index contributed by atoms with van der Waals surface area (Å²) >= 11 is 1.77. The van der Waals surface area contributed by atoms with Gasteiger partial charge in [0, 0.05) is 5.25 Å². The zero-order valence-corrected chi connectivity index (χ0v) is 8.51. The number of nitrogens with two attached hydrogens (primary N) is 1. The molecule has 4 atom stereocenters. The Kier molecular flexibility index (Phi) is 2.07. The Labute approximate surface area is 82.1 Å². The van der Waals surface area contributed by atoms with Crippen LogP contribution in [0.2, 0.25) is 0 Å². The van der Waals surface area contributed by atoms with Crippen molar-refractivity contribution in [2.24, 2.45) is 17.6 Å². The Morgan fingerprint density at radius 3 is 2.77 bits per heavy atom. The van der Waals surface area contributed by atoms with E-state index in [1.54, 1.807) is 11.8 Å². The molecule has 2 saturated carbocycles. The van der Waals surface area contributed by atoms with Crippen molar-refractivity contribution in [1.29, 1.82) is 0 Å². The van der Waals surface area contributed by atoms with Gasteiger partial charge in [-0.2, -0.15) is 11.8 Å². The molecule has 13 heavy (non-hydrogen) atoms. The van der Waals surface area contributed by atoms with Crippen LogP contribution in [0.4, 0.5) is 0 Å². The van der Waals surface area contributed by atoms with E-state index in [2.05, 4.69) is 0 Å². The number of carboxylic acid groups (broad SMARTS) is 1. The van der Waals surface area contributed by atoms with Gasteiger partial charge in [0.2, 0.25) is 0 Å². The Morgan fingerprint density at radius 1 is 1.62 bits per heavy atom. The molecular weight excluding hydrogens is 186 g/mol. The molecule has 0 aromatic rings. The van der Waals surface area contributed by atoms with Crippen LogP contribution in [0.3, 0.4) is 0 Å². The van der Waals surface area contributed by atoms with E-state index in [4.69, 9.17) is 10.8 Å². The van der Waals surface area contributed by atoms with Crippen molar-refractivity contribution < 1.29 is 9.90 Å². The summed E-state index contributed by atoms with van der Waals surface area (Å²) in [5.41, 5.74) is 5.02. The van der Waals surface area contributed by atoms with Crippen LogP contribution < -0.4 is 5.73 Å². The molecule has 0 amide bonds. The third kappa shape index (κ3) is 1.19. The molecule has 3 nitrogen and oxygen atoms in total. The number of rotatable bonds is 2. The summed E-state index contributed by atoms with van der Waals surface area (Å²) in [5, 5.41) is 9.55. The summed E-state index contributed by atoms with van der Waals surface area (Å²) in [4.78, 5) is 11.0. The second kappa shape index (κ2) is 2.89. The van der Waals surface area contributed by atoms with Gasteiger partial charge in [0.05, 0.1) is 0 Å². The molecule has 2 aliphatic rings. The van der Waals surface area contributed by atoms with Crippen LogP contribution in [-0.4, -0.2) is 28.1 Å². The number of carbonyl (C=O) groups is 1. The fourth-order valence-corrected chi connectivity index (χ4v) is 4.09. The third-order valence-corrected chi connectivity index (χ3v) is 4.72. The van der Waals surface area contributed by atoms with Crippen LogP contribution in [0.25, 0.3) is 0 Å². The van der Waals surface area contributed by atoms with Crippen LogP contribution in [0.5, 0.6) is 0 Å². The van der Waals surface area contributed by atoms with Gasteiger partial charge in [-0.1, -0.05) is 0 Å². The highest BCUT2D eigenvalue weighted by molar-refractivity contribution is 7.99. The summed E-state index contributed by atoms with van der Waals surface area (Å²) in [6.07, 6.45) is 4.92. The number of fused-ring (bicyclic) bond motifs is 2. The Morgan fingerprint density at radius 2 is 2.31 bits per heavy atom. The van der Waals surface area contributed by atoms with Crippen molar-refractivity contribution >= 4 is 17.7 Å². The first kappa shape index (κ1) is 9.34. The molecule has 0 saturated heterocycles. The molecule has 0 radical (unpaired) electrons. The quantitative estimate of drug-likeness (QED) is 0.697. The van der Waals surface area contributed by atoms with E-state index in [1.807, 2.05) is 6.26 Å². The standard InChI is InChI=1S/C9H15NO2S/c1-13-7-3-5-2-6(7)9(10,4-5)8(11)12/h5-7H,2-4,10H2,1H3,(H,11,12)/t5-,6+,7-,9+/m1/s1. The Bertz CT molecular complexity index is 246. The van der Waals surface area contributed by atoms with Crippen LogP contribution in [0.15, 0.2) is 0 Å². The number of hydrogen-bond donors (Lipinski definition) is 2. The van der Waals surface area contributed by atoms with Gasteiger partial charge in [-0.15, -0.1) is 0 Å². The molecular formula is C9H15NO2S. The summed E-state index contributed by atoms with van der Waals surface area (Å²) in [5.74, 6) is -0.0488. The minimum Gasteiger partial charge on any atom is -0.480 e. The Balaban J connectivity index is 2.22. The predicted octanol–water partition coefficient (Wildman–Crippen LogP) is 0.930. The zero-order valence-electron chi connectivity index (χ0n) is 7.69. The van der Waals surface area contributed by atoms with Crippen molar-refractivity contribution in [3.8, 4) is 0 Å². The van der Waals surface area contributed by atoms with Gasteiger partial charge in [0.25, 0.3) is 0 Å². The predicted molar refractivity (Wildman–Crippen MR) is 52.7 cm³/mol. The molecule has 0 aromatic heterocycles. The first-order valence-electron chi connectivity index (χ1n) is 4.63. The normalized spacial score (nSPS) is 48.3. The molecule has 0 spiro atoms. The third-order valence-electron chi connectivity index (χ3n) is 3.59. The van der Waals surface area contributed by atoms with E-state index in [9.17, 15) is 4.79 Å². The first-order chi connectivity index (χ1) is 6.08. The van der Waals surface area contributed by atoms with E-state index in [0.29, 0.717) is 17.6 Å². The maximum absolute atomic E-state index is 11.0. The smallest absolute Gasteiger partial charge is 0.324 e. The maximum atomic E-state index is 11.0. The second-order valence-electron chi connectivity index (χ2n) is 4.27. The molecule has 74 valence electrons. The van der Waals surface area contributed by atoms with Crippen molar-refractivity contribution in [2.75, 3.05) is 6.26 Å². The average Bonchev–Trinajstić information content (AvgIpc) is 2.60. The largest absolute Gasteiger partial charge is 0.480 e. The zero-order chi connectivity index (χ0) is 9.64. The first-order valence-corrected chi connectivity index (χ1v) is 5.92. The number of thioether (sulfide) groups is 1. The number of hydrogen-bond acceptors (Lipinski definition) is 3. The molecule has 2 aliphatic carbocycles. The number of aliphatic carboxylic acids is 1. The molecule has 0 unspecified atom stereocenters. The Hall–Kier alpha value is -0.220. The van der Waals surface area contributed by atoms with Crippen molar-refractivity contribution in [3.63, 3.8) is 0 Å². The lowest BCUT2D eigenvalue weighted by Gasteiger charge is -2.34. The van der Waals surface area contributed by atoms with Gasteiger partial charge >= 0.3 is 5.97 Å². The van der Waals surface area contributed by atoms with E-state index in [1.165, 1.54) is 0 Å². The lowest BCUT2D eigenvalue weighted by molar-refractivity contribution is -0.145. The molecule has 0 aliphatic heterocycles. The van der Waals surface area contributed by atoms with Crippen molar-refractivity contribution in [2.45, 2.75) is 30.1 Å². The van der Waals surface area contributed by atoms with Crippen LogP contribution in [0.1, 0.15) is 19.3 Å². The van der Waals surface area contributed by atoms with E-state index >= 15 is 0 Å². The average molecular weight is 201 g/mol. The lowest BCUT2D eigenvalue weighted by Crippen LogP contribution is -2.55. The molecule has 0 heterocycles. The van der Waals surface area contributed by atoms with Gasteiger partial charge in [-0.05, 0) is 37.4 Å². The fraction of sp³-hybridized carbons (Fsp3) is 0.889. The number of carboxylic acids is 1. The highest BCUT2D eigenvalue weighted by Gasteiger charge is 2.57. The molecule has 4 heteroatoms. The molecule has 2 fully saturated rings. The highest BCUT2D eigenvalue weighted by Crippen LogP contribution is 2.53. The van der Waals surface area contributed by atoms with Gasteiger partial charge in [-0.25, -0.2) is 0 Å². The second-order valence-corrected chi connectivity index (χ2v) is 5.34. The van der Waals surface area contributed by atoms with E-state index < -0.39 is 11.5 Å². The van der Waals surface area contributed by atoms with Gasteiger partial charge < -0.3 is 10.8 Å². The van der Waals surface area contributed by atoms with Gasteiger partial charge in [-0.3, -0.25) is 4.79 Å². The summed E-state index contributed by atoms with van der Waals surface area (Å²) in [6, 6.07) is 0. The van der Waals surface area contributed by atoms with E-state index in [-0.39, 0.29) is 5.92 Å². The minimum atomic E-state index is -0.920. The van der Waals surface area contributed by atoms with Crippen molar-refractivity contribution in [3.05, 3.63) is 0 Å². The van der Waals surface area contributed by atoms with Gasteiger partial charge in [0.1, 0.15) is 5.54 Å². The molecule has 0 aromatic carbocycles. The molecule has 2 rings (SSSR count). The van der Waals surface area contributed by atoms with Crippen LogP contribution >= 0.6 is 11.8 Å². The summed E-state index contributed by atoms with van der Waals surface area (Å²) < 4.78 is 0. The van der Waals surface area contributed by atoms with Crippen LogP contribution in [0, 0.1) is 11.8 Å². The summed E-state index contributed by atoms with van der Waals surface area (Å²) in [7, 11) is 0. The topological polar surface area (TPSA) is 63.3 Å². The minimum absolute atomic E-state index is 0.199. The molecule has 3 N–H and O–H groups in total. The molecule has 2 bridgehead atoms. The van der Waals surface area contributed by atoms with Crippen LogP contribution in [-0.2, 0) is 4.79 Å².